The Balaban J connectivity index is 1.49. The van der Waals surface area contributed by atoms with Crippen LogP contribution >= 0.6 is 0 Å². The summed E-state index contributed by atoms with van der Waals surface area (Å²) in [6.07, 6.45) is 1.75. The Morgan fingerprint density at radius 2 is 2.08 bits per heavy atom. The van der Waals surface area contributed by atoms with Crippen molar-refractivity contribution in [2.45, 2.75) is 18.6 Å². The first-order valence-electron chi connectivity index (χ1n) is 8.16. The number of β-amino-alcohol motifs (C(OH)–C–C–N with tert-alkyl or cyclic N) is 1. The van der Waals surface area contributed by atoms with Gasteiger partial charge in [-0.05, 0) is 36.8 Å². The molecule has 6 nitrogen and oxygen atoms in total. The summed E-state index contributed by atoms with van der Waals surface area (Å²) in [7, 11) is 0. The van der Waals surface area contributed by atoms with Crippen LogP contribution in [0, 0.1) is 17.7 Å². The number of aliphatic hydroxyl groups is 1. The SMILES string of the molecule is OC1CNC(c2nc(-c3ccc(C#Cc4cccc(F)c4)cn3)no2)C1. The molecule has 2 unspecified atom stereocenters. The van der Waals surface area contributed by atoms with Gasteiger partial charge < -0.3 is 14.9 Å². The molecule has 0 bridgehead atoms. The average Bonchev–Trinajstić information content (AvgIpc) is 3.29. The number of rotatable bonds is 2. The molecule has 1 aromatic carbocycles. The number of aromatic nitrogens is 3. The van der Waals surface area contributed by atoms with Gasteiger partial charge in [0.05, 0.1) is 12.1 Å². The number of hydrogen-bond donors (Lipinski definition) is 2. The summed E-state index contributed by atoms with van der Waals surface area (Å²) >= 11 is 0. The molecule has 1 aliphatic heterocycles. The lowest BCUT2D eigenvalue weighted by Crippen LogP contribution is -2.15. The third kappa shape index (κ3) is 3.61. The van der Waals surface area contributed by atoms with Crippen molar-refractivity contribution >= 4 is 0 Å². The minimum absolute atomic E-state index is 0.136. The van der Waals surface area contributed by atoms with Crippen molar-refractivity contribution in [3.05, 3.63) is 65.4 Å². The van der Waals surface area contributed by atoms with Gasteiger partial charge in [-0.25, -0.2) is 4.39 Å². The van der Waals surface area contributed by atoms with Crippen LogP contribution in [0.5, 0.6) is 0 Å². The van der Waals surface area contributed by atoms with E-state index in [1.54, 1.807) is 30.5 Å². The molecule has 1 saturated heterocycles. The number of hydrogen-bond acceptors (Lipinski definition) is 6. The van der Waals surface area contributed by atoms with Crippen LogP contribution < -0.4 is 5.32 Å². The molecule has 1 fully saturated rings. The van der Waals surface area contributed by atoms with Crippen LogP contribution in [0.15, 0.2) is 47.1 Å². The molecular weight excluding hydrogens is 335 g/mol. The molecule has 1 aliphatic rings. The number of halogens is 1. The Kier molecular flexibility index (Phi) is 4.44. The predicted octanol–water partition coefficient (Wildman–Crippen LogP) is 2.07. The highest BCUT2D eigenvalue weighted by Gasteiger charge is 2.28. The lowest BCUT2D eigenvalue weighted by molar-refractivity contribution is 0.191. The van der Waals surface area contributed by atoms with E-state index < -0.39 is 6.10 Å². The van der Waals surface area contributed by atoms with Crippen molar-refractivity contribution in [2.24, 2.45) is 0 Å². The summed E-state index contributed by atoms with van der Waals surface area (Å²) < 4.78 is 18.4. The van der Waals surface area contributed by atoms with Crippen molar-refractivity contribution in [2.75, 3.05) is 6.54 Å². The Morgan fingerprint density at radius 3 is 2.81 bits per heavy atom. The molecule has 0 radical (unpaired) electrons. The maximum Gasteiger partial charge on any atom is 0.244 e. The van der Waals surface area contributed by atoms with Gasteiger partial charge in [-0.1, -0.05) is 23.1 Å². The zero-order valence-corrected chi connectivity index (χ0v) is 13.7. The van der Waals surface area contributed by atoms with E-state index >= 15 is 0 Å². The fraction of sp³-hybridized carbons (Fsp3) is 0.211. The zero-order chi connectivity index (χ0) is 17.9. The van der Waals surface area contributed by atoms with Gasteiger partial charge in [0.25, 0.3) is 0 Å². The first-order valence-corrected chi connectivity index (χ1v) is 8.16. The van der Waals surface area contributed by atoms with E-state index in [0.29, 0.717) is 41.5 Å². The zero-order valence-electron chi connectivity index (χ0n) is 13.7. The Hall–Kier alpha value is -3.08. The number of nitrogens with one attached hydrogen (secondary N) is 1. The first-order chi connectivity index (χ1) is 12.7. The first kappa shape index (κ1) is 16.4. The second kappa shape index (κ2) is 7.04. The van der Waals surface area contributed by atoms with Gasteiger partial charge in [0, 0.05) is 23.9 Å². The van der Waals surface area contributed by atoms with E-state index in [0.717, 1.165) is 0 Å². The molecule has 0 aliphatic carbocycles. The number of nitrogens with zero attached hydrogens (tertiary/aromatic N) is 3. The second-order valence-corrected chi connectivity index (χ2v) is 6.00. The minimum Gasteiger partial charge on any atom is -0.392 e. The monoisotopic (exact) mass is 350 g/mol. The summed E-state index contributed by atoms with van der Waals surface area (Å²) in [6.45, 7) is 0.513. The highest BCUT2D eigenvalue weighted by atomic mass is 19.1. The van der Waals surface area contributed by atoms with Crippen molar-refractivity contribution in [3.63, 3.8) is 0 Å². The molecule has 3 aromatic rings. The molecule has 2 N–H and O–H groups in total. The lowest BCUT2D eigenvalue weighted by atomic mass is 10.2. The van der Waals surface area contributed by atoms with Crippen molar-refractivity contribution in [3.8, 4) is 23.4 Å². The van der Waals surface area contributed by atoms with Crippen LogP contribution in [-0.4, -0.2) is 32.9 Å². The second-order valence-electron chi connectivity index (χ2n) is 6.00. The van der Waals surface area contributed by atoms with Gasteiger partial charge in [0.2, 0.25) is 11.7 Å². The molecular formula is C19H15FN4O2. The van der Waals surface area contributed by atoms with Gasteiger partial charge in [0.1, 0.15) is 11.5 Å². The molecule has 0 spiro atoms. The van der Waals surface area contributed by atoms with Crippen LogP contribution in [0.25, 0.3) is 11.5 Å². The average molecular weight is 350 g/mol. The quantitative estimate of drug-likeness (QED) is 0.689. The van der Waals surface area contributed by atoms with Crippen molar-refractivity contribution in [1.29, 1.82) is 0 Å². The number of aliphatic hydroxyl groups excluding tert-OH is 1. The topological polar surface area (TPSA) is 84.1 Å². The van der Waals surface area contributed by atoms with Gasteiger partial charge in [-0.15, -0.1) is 0 Å². The maximum absolute atomic E-state index is 13.1. The highest BCUT2D eigenvalue weighted by molar-refractivity contribution is 5.51. The van der Waals surface area contributed by atoms with Gasteiger partial charge in [0.15, 0.2) is 0 Å². The molecule has 2 aromatic heterocycles. The Labute approximate surface area is 149 Å². The summed E-state index contributed by atoms with van der Waals surface area (Å²) in [5.41, 5.74) is 1.86. The molecule has 26 heavy (non-hydrogen) atoms. The summed E-state index contributed by atoms with van der Waals surface area (Å²) in [6, 6.07) is 9.53. The summed E-state index contributed by atoms with van der Waals surface area (Å²) in [5, 5.41) is 16.6. The molecule has 2 atom stereocenters. The van der Waals surface area contributed by atoms with Crippen LogP contribution in [-0.2, 0) is 0 Å². The molecule has 130 valence electrons. The number of pyridine rings is 1. The Bertz CT molecular complexity index is 975. The minimum atomic E-state index is -0.399. The highest BCUT2D eigenvalue weighted by Crippen LogP contribution is 2.23. The molecule has 3 heterocycles. The fourth-order valence-corrected chi connectivity index (χ4v) is 2.70. The molecule has 0 saturated carbocycles. The largest absolute Gasteiger partial charge is 0.392 e. The van der Waals surface area contributed by atoms with Crippen LogP contribution in [0.4, 0.5) is 4.39 Å². The van der Waals surface area contributed by atoms with E-state index in [1.165, 1.54) is 12.1 Å². The van der Waals surface area contributed by atoms with E-state index in [2.05, 4.69) is 32.3 Å². The van der Waals surface area contributed by atoms with Gasteiger partial charge in [-0.3, -0.25) is 4.98 Å². The molecule has 0 amide bonds. The third-order valence-corrected chi connectivity index (χ3v) is 4.02. The maximum atomic E-state index is 13.1. The van der Waals surface area contributed by atoms with E-state index in [-0.39, 0.29) is 11.9 Å². The summed E-state index contributed by atoms with van der Waals surface area (Å²) in [4.78, 5) is 8.64. The van der Waals surface area contributed by atoms with E-state index in [9.17, 15) is 9.50 Å². The Morgan fingerprint density at radius 1 is 1.19 bits per heavy atom. The van der Waals surface area contributed by atoms with Crippen molar-refractivity contribution in [1.82, 2.24) is 20.4 Å². The molecule has 7 heteroatoms. The van der Waals surface area contributed by atoms with Gasteiger partial charge in [-0.2, -0.15) is 4.98 Å². The van der Waals surface area contributed by atoms with Crippen LogP contribution in [0.3, 0.4) is 0 Å². The standard InChI is InChI=1S/C19H15FN4O2/c20-14-3-1-2-12(8-14)4-5-13-6-7-16(21-10-13)18-23-19(26-24-18)17-9-15(25)11-22-17/h1-3,6-8,10,15,17,22,25H,9,11H2. The number of benzene rings is 1. The smallest absolute Gasteiger partial charge is 0.244 e. The molecule has 4 rings (SSSR count). The van der Waals surface area contributed by atoms with E-state index in [4.69, 9.17) is 4.52 Å². The normalized spacial score (nSPS) is 19.2. The lowest BCUT2D eigenvalue weighted by Gasteiger charge is -2.01. The fourth-order valence-electron chi connectivity index (χ4n) is 2.70. The van der Waals surface area contributed by atoms with Crippen LogP contribution in [0.2, 0.25) is 0 Å². The van der Waals surface area contributed by atoms with Crippen LogP contribution in [0.1, 0.15) is 29.5 Å². The van der Waals surface area contributed by atoms with Crippen molar-refractivity contribution < 1.29 is 14.0 Å². The van der Waals surface area contributed by atoms with Gasteiger partial charge >= 0.3 is 0 Å². The third-order valence-electron chi connectivity index (χ3n) is 4.02. The predicted molar refractivity (Wildman–Crippen MR) is 91.3 cm³/mol. The summed E-state index contributed by atoms with van der Waals surface area (Å²) in [5.74, 6) is 6.34. The van der Waals surface area contributed by atoms with E-state index in [1.807, 2.05) is 0 Å².